The highest BCUT2D eigenvalue weighted by atomic mass is 15.1. The summed E-state index contributed by atoms with van der Waals surface area (Å²) < 4.78 is 0. The monoisotopic (exact) mass is 255 g/mol. The number of nitrogens with zero attached hydrogens (tertiary/aromatic N) is 2. The van der Waals surface area contributed by atoms with Crippen LogP contribution in [0.3, 0.4) is 0 Å². The van der Waals surface area contributed by atoms with Crippen molar-refractivity contribution < 1.29 is 0 Å². The first kappa shape index (κ1) is 13.5. The van der Waals surface area contributed by atoms with E-state index >= 15 is 0 Å². The average Bonchev–Trinajstić information content (AvgIpc) is 2.37. The number of nitrogen functional groups attached to an aromatic ring is 1. The lowest BCUT2D eigenvalue weighted by Gasteiger charge is -2.19. The summed E-state index contributed by atoms with van der Waals surface area (Å²) in [6.07, 6.45) is 1.87. The molecular weight excluding hydrogens is 234 g/mol. The molecule has 0 amide bonds. The first-order chi connectivity index (χ1) is 8.95. The maximum absolute atomic E-state index is 5.52. The van der Waals surface area contributed by atoms with E-state index < -0.39 is 0 Å². The highest BCUT2D eigenvalue weighted by molar-refractivity contribution is 5.29. The molecular formula is C16H21N3. The molecule has 0 saturated carbocycles. The van der Waals surface area contributed by atoms with E-state index in [1.54, 1.807) is 6.07 Å². The van der Waals surface area contributed by atoms with Gasteiger partial charge in [0.25, 0.3) is 0 Å². The molecule has 2 N–H and O–H groups in total. The van der Waals surface area contributed by atoms with E-state index in [1.807, 2.05) is 6.07 Å². The summed E-state index contributed by atoms with van der Waals surface area (Å²) in [6, 6.07) is 12.6. The smallest absolute Gasteiger partial charge is 0.146 e. The normalized spacial score (nSPS) is 11.5. The number of rotatable bonds is 3. The molecule has 0 aliphatic rings. The second-order valence-electron chi connectivity index (χ2n) is 5.90. The van der Waals surface area contributed by atoms with Crippen LogP contribution in [0.25, 0.3) is 0 Å². The minimum atomic E-state index is 0.209. The number of aryl methyl sites for hydroxylation is 2. The molecule has 2 aromatic rings. The van der Waals surface area contributed by atoms with Crippen LogP contribution in [0.4, 0.5) is 5.82 Å². The second-order valence-corrected chi connectivity index (χ2v) is 5.90. The maximum atomic E-state index is 5.52. The Morgan fingerprint density at radius 2 is 1.58 bits per heavy atom. The van der Waals surface area contributed by atoms with Crippen molar-refractivity contribution in [2.75, 3.05) is 5.73 Å². The minimum absolute atomic E-state index is 0.209. The summed E-state index contributed by atoms with van der Waals surface area (Å²) in [7, 11) is 0. The summed E-state index contributed by atoms with van der Waals surface area (Å²) in [6.45, 7) is 6.68. The van der Waals surface area contributed by atoms with Gasteiger partial charge in [-0.25, -0.2) is 0 Å². The van der Waals surface area contributed by atoms with Gasteiger partial charge in [0.05, 0.1) is 5.69 Å². The van der Waals surface area contributed by atoms with Gasteiger partial charge in [-0.1, -0.05) is 45.0 Å². The molecule has 0 bridgehead atoms. The Bertz CT molecular complexity index is 521. The quantitative estimate of drug-likeness (QED) is 0.916. The molecule has 0 fully saturated rings. The topological polar surface area (TPSA) is 51.8 Å². The number of anilines is 1. The molecule has 0 aliphatic heterocycles. The molecule has 2 rings (SSSR count). The molecule has 1 heterocycles. The van der Waals surface area contributed by atoms with Gasteiger partial charge >= 0.3 is 0 Å². The first-order valence-corrected chi connectivity index (χ1v) is 6.63. The molecule has 100 valence electrons. The van der Waals surface area contributed by atoms with Crippen LogP contribution >= 0.6 is 0 Å². The molecule has 0 aliphatic carbocycles. The molecule has 0 atom stereocenters. The molecule has 0 radical (unpaired) electrons. The molecule has 3 nitrogen and oxygen atoms in total. The van der Waals surface area contributed by atoms with Crippen molar-refractivity contribution in [1.29, 1.82) is 0 Å². The molecule has 3 heteroatoms. The van der Waals surface area contributed by atoms with Crippen LogP contribution in [-0.2, 0) is 18.3 Å². The van der Waals surface area contributed by atoms with Crippen LogP contribution in [0.5, 0.6) is 0 Å². The van der Waals surface area contributed by atoms with Gasteiger partial charge in [-0.3, -0.25) is 0 Å². The Kier molecular flexibility index (Phi) is 3.84. The Balaban J connectivity index is 1.98. The van der Waals surface area contributed by atoms with Gasteiger partial charge in [0.15, 0.2) is 0 Å². The van der Waals surface area contributed by atoms with Crippen LogP contribution in [0.15, 0.2) is 36.4 Å². The van der Waals surface area contributed by atoms with Crippen molar-refractivity contribution in [1.82, 2.24) is 10.2 Å². The third kappa shape index (κ3) is 3.78. The standard InChI is InChI=1S/C16H21N3/c1-16(2,3)13-7-4-12(5-8-13)6-9-14-10-11-15(17)19-18-14/h4-5,7-8,10-11H,6,9H2,1-3H3,(H2,17,19). The van der Waals surface area contributed by atoms with E-state index in [4.69, 9.17) is 5.73 Å². The zero-order valence-electron chi connectivity index (χ0n) is 11.9. The van der Waals surface area contributed by atoms with E-state index in [0.717, 1.165) is 18.5 Å². The summed E-state index contributed by atoms with van der Waals surface area (Å²) >= 11 is 0. The number of benzene rings is 1. The van der Waals surface area contributed by atoms with Gasteiger partial charge in [-0.15, -0.1) is 5.10 Å². The maximum Gasteiger partial charge on any atom is 0.146 e. The van der Waals surface area contributed by atoms with E-state index in [2.05, 4.69) is 55.2 Å². The third-order valence-corrected chi connectivity index (χ3v) is 3.23. The lowest BCUT2D eigenvalue weighted by molar-refractivity contribution is 0.590. The van der Waals surface area contributed by atoms with Gasteiger partial charge in [-0.2, -0.15) is 5.10 Å². The molecule has 0 unspecified atom stereocenters. The largest absolute Gasteiger partial charge is 0.382 e. The Morgan fingerprint density at radius 1 is 0.895 bits per heavy atom. The fourth-order valence-electron chi connectivity index (χ4n) is 1.95. The van der Waals surface area contributed by atoms with Gasteiger partial charge in [0.2, 0.25) is 0 Å². The fourth-order valence-corrected chi connectivity index (χ4v) is 1.95. The van der Waals surface area contributed by atoms with Gasteiger partial charge in [0.1, 0.15) is 5.82 Å². The van der Waals surface area contributed by atoms with Crippen molar-refractivity contribution in [2.45, 2.75) is 39.0 Å². The van der Waals surface area contributed by atoms with Gasteiger partial charge < -0.3 is 5.73 Å². The molecule has 0 spiro atoms. The van der Waals surface area contributed by atoms with Gasteiger partial charge in [0, 0.05) is 0 Å². The van der Waals surface area contributed by atoms with Crippen molar-refractivity contribution in [2.24, 2.45) is 0 Å². The SMILES string of the molecule is CC(C)(C)c1ccc(CCc2ccc(N)nn2)cc1. The Morgan fingerprint density at radius 3 is 2.11 bits per heavy atom. The predicted molar refractivity (Wildman–Crippen MR) is 79.0 cm³/mol. The lowest BCUT2D eigenvalue weighted by atomic mass is 9.86. The van der Waals surface area contributed by atoms with E-state index in [9.17, 15) is 0 Å². The highest BCUT2D eigenvalue weighted by Gasteiger charge is 2.12. The summed E-state index contributed by atoms with van der Waals surface area (Å²) in [5.74, 6) is 0.471. The van der Waals surface area contributed by atoms with Crippen molar-refractivity contribution in [3.05, 3.63) is 53.2 Å². The van der Waals surface area contributed by atoms with E-state index in [-0.39, 0.29) is 5.41 Å². The van der Waals surface area contributed by atoms with Crippen LogP contribution in [0.2, 0.25) is 0 Å². The fraction of sp³-hybridized carbons (Fsp3) is 0.375. The summed E-state index contributed by atoms with van der Waals surface area (Å²) in [5.41, 5.74) is 9.40. The Hall–Kier alpha value is -1.90. The highest BCUT2D eigenvalue weighted by Crippen LogP contribution is 2.22. The number of aromatic nitrogens is 2. The molecule has 1 aromatic carbocycles. The zero-order valence-corrected chi connectivity index (χ0v) is 11.9. The van der Waals surface area contributed by atoms with Crippen molar-refractivity contribution >= 4 is 5.82 Å². The van der Waals surface area contributed by atoms with Crippen LogP contribution in [-0.4, -0.2) is 10.2 Å². The molecule has 19 heavy (non-hydrogen) atoms. The predicted octanol–water partition coefficient (Wildman–Crippen LogP) is 3.14. The van der Waals surface area contributed by atoms with Crippen molar-refractivity contribution in [3.63, 3.8) is 0 Å². The summed E-state index contributed by atoms with van der Waals surface area (Å²) in [5, 5.41) is 7.94. The third-order valence-electron chi connectivity index (χ3n) is 3.23. The second kappa shape index (κ2) is 5.39. The molecule has 1 aromatic heterocycles. The number of hydrogen-bond acceptors (Lipinski definition) is 3. The zero-order chi connectivity index (χ0) is 13.9. The van der Waals surface area contributed by atoms with Crippen LogP contribution < -0.4 is 5.73 Å². The Labute approximate surface area is 114 Å². The number of hydrogen-bond donors (Lipinski definition) is 1. The van der Waals surface area contributed by atoms with E-state index in [1.165, 1.54) is 11.1 Å². The van der Waals surface area contributed by atoms with Gasteiger partial charge in [-0.05, 0) is 41.5 Å². The van der Waals surface area contributed by atoms with Crippen molar-refractivity contribution in [3.8, 4) is 0 Å². The van der Waals surface area contributed by atoms with Crippen LogP contribution in [0.1, 0.15) is 37.6 Å². The number of nitrogens with two attached hydrogens (primary N) is 1. The average molecular weight is 255 g/mol. The minimum Gasteiger partial charge on any atom is -0.382 e. The summed E-state index contributed by atoms with van der Waals surface area (Å²) in [4.78, 5) is 0. The molecule has 0 saturated heterocycles. The van der Waals surface area contributed by atoms with E-state index in [0.29, 0.717) is 5.82 Å². The first-order valence-electron chi connectivity index (χ1n) is 6.63. The lowest BCUT2D eigenvalue weighted by Crippen LogP contribution is -2.10. The van der Waals surface area contributed by atoms with Crippen LogP contribution in [0, 0.1) is 0 Å².